The second-order valence-corrected chi connectivity index (χ2v) is 7.26. The summed E-state index contributed by atoms with van der Waals surface area (Å²) in [6, 6.07) is 8.37. The first-order valence-electron chi connectivity index (χ1n) is 8.85. The molecule has 0 aliphatic rings. The molecule has 1 atom stereocenters. The van der Waals surface area contributed by atoms with Crippen molar-refractivity contribution < 1.29 is 19.0 Å². The highest BCUT2D eigenvalue weighted by Gasteiger charge is 2.15. The molecule has 0 radical (unpaired) electrons. The predicted octanol–water partition coefficient (Wildman–Crippen LogP) is 5.08. The molecule has 0 spiro atoms. The Kier molecular flexibility index (Phi) is 8.83. The van der Waals surface area contributed by atoms with Crippen LogP contribution in [0.1, 0.15) is 31.4 Å². The van der Waals surface area contributed by atoms with E-state index in [-0.39, 0.29) is 19.3 Å². The van der Waals surface area contributed by atoms with Crippen LogP contribution in [0.4, 0.5) is 4.39 Å². The Morgan fingerprint density at radius 1 is 1.26 bits per heavy atom. The summed E-state index contributed by atoms with van der Waals surface area (Å²) < 4.78 is 26.2. The quantitative estimate of drug-likeness (QED) is 0.519. The zero-order chi connectivity index (χ0) is 19.8. The van der Waals surface area contributed by atoms with Gasteiger partial charge in [-0.1, -0.05) is 24.6 Å². The zero-order valence-corrected chi connectivity index (χ0v) is 17.7. The zero-order valence-electron chi connectivity index (χ0n) is 15.4. The van der Waals surface area contributed by atoms with Crippen LogP contribution in [0.2, 0.25) is 5.02 Å². The molecule has 2 aromatic carbocycles. The number of benzene rings is 2. The molecule has 0 aliphatic heterocycles. The van der Waals surface area contributed by atoms with Gasteiger partial charge in [-0.2, -0.15) is 0 Å². The number of ether oxygens (including phenoxy) is 2. The second-order valence-electron chi connectivity index (χ2n) is 6.00. The molecule has 4 nitrogen and oxygen atoms in total. The molecule has 0 aliphatic carbocycles. The van der Waals surface area contributed by atoms with Crippen LogP contribution in [-0.2, 0) is 13.2 Å². The molecule has 2 N–H and O–H groups in total. The van der Waals surface area contributed by atoms with Gasteiger partial charge in [0.15, 0.2) is 11.5 Å². The normalized spacial score (nSPS) is 12.1. The van der Waals surface area contributed by atoms with E-state index in [9.17, 15) is 9.50 Å². The lowest BCUT2D eigenvalue weighted by Gasteiger charge is -2.18. The number of hydrogen-bond donors (Lipinski definition) is 2. The molecule has 0 heterocycles. The van der Waals surface area contributed by atoms with Gasteiger partial charge in [0.1, 0.15) is 12.4 Å². The van der Waals surface area contributed by atoms with E-state index in [0.717, 1.165) is 12.0 Å². The standard InChI is InChI=1S/C20H24BrClFNO3/c1-3-14(11-25)24-10-13-8-16(21)20(19(9-13)26-4-2)27-12-15-17(22)6-5-7-18(15)23/h5-9,14,24-25H,3-4,10-12H2,1-2H3/t14-/m1/s1. The maximum Gasteiger partial charge on any atom is 0.175 e. The van der Waals surface area contributed by atoms with Crippen LogP contribution >= 0.6 is 27.5 Å². The fourth-order valence-electron chi connectivity index (χ4n) is 2.54. The van der Waals surface area contributed by atoms with Crippen molar-refractivity contribution in [2.45, 2.75) is 39.5 Å². The average molecular weight is 461 g/mol. The van der Waals surface area contributed by atoms with E-state index in [2.05, 4.69) is 21.2 Å². The maximum atomic E-state index is 14.0. The first-order valence-corrected chi connectivity index (χ1v) is 10.0. The van der Waals surface area contributed by atoms with Gasteiger partial charge in [-0.3, -0.25) is 0 Å². The molecule has 7 heteroatoms. The predicted molar refractivity (Wildman–Crippen MR) is 109 cm³/mol. The highest BCUT2D eigenvalue weighted by atomic mass is 79.9. The van der Waals surface area contributed by atoms with Gasteiger partial charge in [0.2, 0.25) is 0 Å². The van der Waals surface area contributed by atoms with Gasteiger partial charge in [-0.25, -0.2) is 4.39 Å². The summed E-state index contributed by atoms with van der Waals surface area (Å²) in [4.78, 5) is 0. The molecular weight excluding hydrogens is 437 g/mol. The number of hydrogen-bond acceptors (Lipinski definition) is 4. The first kappa shape index (κ1) is 22.0. The third kappa shape index (κ3) is 6.07. The highest BCUT2D eigenvalue weighted by molar-refractivity contribution is 9.10. The van der Waals surface area contributed by atoms with Crippen LogP contribution in [0.5, 0.6) is 11.5 Å². The minimum atomic E-state index is -0.410. The van der Waals surface area contributed by atoms with E-state index in [1.165, 1.54) is 6.07 Å². The topological polar surface area (TPSA) is 50.7 Å². The molecule has 0 amide bonds. The van der Waals surface area contributed by atoms with E-state index in [1.54, 1.807) is 12.1 Å². The van der Waals surface area contributed by atoms with Crippen molar-refractivity contribution in [3.8, 4) is 11.5 Å². The van der Waals surface area contributed by atoms with Crippen molar-refractivity contribution in [3.05, 3.63) is 56.8 Å². The van der Waals surface area contributed by atoms with Crippen molar-refractivity contribution in [2.75, 3.05) is 13.2 Å². The number of rotatable bonds is 10. The molecule has 0 aromatic heterocycles. The highest BCUT2D eigenvalue weighted by Crippen LogP contribution is 2.38. The summed E-state index contributed by atoms with van der Waals surface area (Å²) in [5.74, 6) is 0.648. The smallest absolute Gasteiger partial charge is 0.175 e. The number of nitrogens with one attached hydrogen (secondary N) is 1. The Balaban J connectivity index is 2.20. The summed E-state index contributed by atoms with van der Waals surface area (Å²) in [5.41, 5.74) is 1.28. The Morgan fingerprint density at radius 3 is 2.67 bits per heavy atom. The van der Waals surface area contributed by atoms with E-state index in [4.69, 9.17) is 21.1 Å². The van der Waals surface area contributed by atoms with Crippen LogP contribution in [0.25, 0.3) is 0 Å². The average Bonchev–Trinajstić information content (AvgIpc) is 2.64. The Hall–Kier alpha value is -1.34. The Bertz CT molecular complexity index is 736. The lowest BCUT2D eigenvalue weighted by Crippen LogP contribution is -2.31. The number of halogens is 3. The van der Waals surface area contributed by atoms with Crippen LogP contribution in [0, 0.1) is 5.82 Å². The van der Waals surface area contributed by atoms with Crippen LogP contribution in [-0.4, -0.2) is 24.4 Å². The molecule has 27 heavy (non-hydrogen) atoms. The molecule has 2 aromatic rings. The van der Waals surface area contributed by atoms with Gasteiger partial charge in [-0.05, 0) is 59.1 Å². The van der Waals surface area contributed by atoms with Gasteiger partial charge in [0.25, 0.3) is 0 Å². The van der Waals surface area contributed by atoms with Crippen LogP contribution in [0.3, 0.4) is 0 Å². The van der Waals surface area contributed by atoms with Crippen LogP contribution < -0.4 is 14.8 Å². The Labute approximate surface area is 172 Å². The van der Waals surface area contributed by atoms with Gasteiger partial charge in [0.05, 0.1) is 22.7 Å². The molecule has 0 saturated carbocycles. The van der Waals surface area contributed by atoms with Gasteiger partial charge in [0, 0.05) is 18.2 Å². The van der Waals surface area contributed by atoms with Gasteiger partial charge < -0.3 is 19.9 Å². The minimum absolute atomic E-state index is 0.00972. The summed E-state index contributed by atoms with van der Waals surface area (Å²) >= 11 is 9.58. The van der Waals surface area contributed by atoms with E-state index in [0.29, 0.717) is 39.7 Å². The summed E-state index contributed by atoms with van der Waals surface area (Å²) in [5, 5.41) is 12.9. The molecule has 0 unspecified atom stereocenters. The lowest BCUT2D eigenvalue weighted by molar-refractivity contribution is 0.238. The summed E-state index contributed by atoms with van der Waals surface area (Å²) in [7, 11) is 0. The molecule has 2 rings (SSSR count). The monoisotopic (exact) mass is 459 g/mol. The minimum Gasteiger partial charge on any atom is -0.490 e. The van der Waals surface area contributed by atoms with E-state index >= 15 is 0 Å². The molecule has 0 fully saturated rings. The largest absolute Gasteiger partial charge is 0.490 e. The SMILES string of the molecule is CCOc1cc(CN[C@H](CC)CO)cc(Br)c1OCc1c(F)cccc1Cl. The first-order chi connectivity index (χ1) is 13.0. The van der Waals surface area contributed by atoms with E-state index in [1.807, 2.05) is 26.0 Å². The fourth-order valence-corrected chi connectivity index (χ4v) is 3.36. The van der Waals surface area contributed by atoms with Crippen LogP contribution in [0.15, 0.2) is 34.8 Å². The maximum absolute atomic E-state index is 14.0. The van der Waals surface area contributed by atoms with Gasteiger partial charge >= 0.3 is 0 Å². The van der Waals surface area contributed by atoms with Crippen molar-refractivity contribution in [2.24, 2.45) is 0 Å². The summed E-state index contributed by atoms with van der Waals surface area (Å²) in [6.07, 6.45) is 0.834. The molecular formula is C20H24BrClFNO3. The number of aliphatic hydroxyl groups excluding tert-OH is 1. The van der Waals surface area contributed by atoms with Crippen molar-refractivity contribution >= 4 is 27.5 Å². The second kappa shape index (κ2) is 10.9. The van der Waals surface area contributed by atoms with Gasteiger partial charge in [-0.15, -0.1) is 0 Å². The molecule has 148 valence electrons. The lowest BCUT2D eigenvalue weighted by atomic mass is 10.1. The Morgan fingerprint density at radius 2 is 2.04 bits per heavy atom. The van der Waals surface area contributed by atoms with Crippen molar-refractivity contribution in [1.82, 2.24) is 5.32 Å². The molecule has 0 bridgehead atoms. The van der Waals surface area contributed by atoms with Crippen molar-refractivity contribution in [3.63, 3.8) is 0 Å². The third-order valence-corrected chi connectivity index (χ3v) is 5.04. The van der Waals surface area contributed by atoms with Crippen molar-refractivity contribution in [1.29, 1.82) is 0 Å². The number of aliphatic hydroxyl groups is 1. The van der Waals surface area contributed by atoms with E-state index < -0.39 is 5.82 Å². The summed E-state index contributed by atoms with van der Waals surface area (Å²) in [6.45, 7) is 5.02. The fraction of sp³-hybridized carbons (Fsp3) is 0.400. The molecule has 0 saturated heterocycles. The third-order valence-electron chi connectivity index (χ3n) is 4.10.